The number of halogens is 1. The Labute approximate surface area is 270 Å². The van der Waals surface area contributed by atoms with Crippen molar-refractivity contribution in [2.24, 2.45) is 0 Å². The molecule has 0 radical (unpaired) electrons. The Hall–Kier alpha value is -4.70. The van der Waals surface area contributed by atoms with Crippen molar-refractivity contribution < 1.29 is 27.1 Å². The van der Waals surface area contributed by atoms with Gasteiger partial charge < -0.3 is 15.0 Å². The molecule has 0 bridgehead atoms. The summed E-state index contributed by atoms with van der Waals surface area (Å²) in [5.41, 5.74) is 2.34. The Kier molecular flexibility index (Phi) is 11.5. The molecule has 0 heterocycles. The maximum atomic E-state index is 14.6. The van der Waals surface area contributed by atoms with Gasteiger partial charge in [0, 0.05) is 19.0 Å². The Morgan fingerprint density at radius 2 is 1.52 bits per heavy atom. The molecule has 0 unspecified atom stereocenters. The molecular formula is C36H40FN3O5S. The fourth-order valence-electron chi connectivity index (χ4n) is 5.01. The van der Waals surface area contributed by atoms with E-state index in [4.69, 9.17) is 4.74 Å². The number of ether oxygens (including phenoxy) is 1. The molecule has 0 saturated carbocycles. The number of hydrogen-bond acceptors (Lipinski definition) is 5. The monoisotopic (exact) mass is 645 g/mol. The Balaban J connectivity index is 1.84. The smallest absolute Gasteiger partial charge is 0.264 e. The van der Waals surface area contributed by atoms with E-state index in [1.807, 2.05) is 51.1 Å². The maximum absolute atomic E-state index is 14.6. The van der Waals surface area contributed by atoms with E-state index in [1.165, 1.54) is 36.3 Å². The van der Waals surface area contributed by atoms with Crippen molar-refractivity contribution in [1.29, 1.82) is 0 Å². The van der Waals surface area contributed by atoms with E-state index in [0.717, 1.165) is 15.4 Å². The first kappa shape index (κ1) is 34.2. The molecular weight excluding hydrogens is 605 g/mol. The van der Waals surface area contributed by atoms with E-state index >= 15 is 0 Å². The van der Waals surface area contributed by atoms with Crippen LogP contribution in [0.2, 0.25) is 0 Å². The van der Waals surface area contributed by atoms with Gasteiger partial charge in [-0.15, -0.1) is 0 Å². The van der Waals surface area contributed by atoms with E-state index in [9.17, 15) is 22.4 Å². The van der Waals surface area contributed by atoms with Gasteiger partial charge in [-0.3, -0.25) is 13.9 Å². The zero-order chi connectivity index (χ0) is 33.3. The van der Waals surface area contributed by atoms with Crippen LogP contribution >= 0.6 is 0 Å². The molecule has 4 rings (SSSR count). The van der Waals surface area contributed by atoms with Crippen molar-refractivity contribution in [3.05, 3.63) is 126 Å². The predicted molar refractivity (Wildman–Crippen MR) is 177 cm³/mol. The van der Waals surface area contributed by atoms with Crippen molar-refractivity contribution >= 4 is 27.5 Å². The van der Waals surface area contributed by atoms with Crippen molar-refractivity contribution in [2.75, 3.05) is 18.0 Å². The van der Waals surface area contributed by atoms with Crippen LogP contribution in [0.15, 0.2) is 108 Å². The number of methoxy groups -OCH3 is 1. The highest BCUT2D eigenvalue weighted by Crippen LogP contribution is 2.34. The fourth-order valence-corrected chi connectivity index (χ4v) is 6.45. The normalized spacial score (nSPS) is 12.5. The molecule has 4 aromatic rings. The third-order valence-electron chi connectivity index (χ3n) is 7.75. The van der Waals surface area contributed by atoms with E-state index in [-0.39, 0.29) is 41.2 Å². The first-order chi connectivity index (χ1) is 22.0. The van der Waals surface area contributed by atoms with Crippen LogP contribution in [0.3, 0.4) is 0 Å². The number of nitrogens with one attached hydrogen (secondary N) is 1. The quantitative estimate of drug-likeness (QED) is 0.185. The maximum Gasteiger partial charge on any atom is 0.264 e. The summed E-state index contributed by atoms with van der Waals surface area (Å²) < 4.78 is 48.9. The summed E-state index contributed by atoms with van der Waals surface area (Å²) in [6.45, 7) is 4.95. The summed E-state index contributed by atoms with van der Waals surface area (Å²) in [5.74, 6) is -1.17. The largest absolute Gasteiger partial charge is 0.495 e. The van der Waals surface area contributed by atoms with Gasteiger partial charge in [-0.2, -0.15) is 0 Å². The second kappa shape index (κ2) is 15.5. The third-order valence-corrected chi connectivity index (χ3v) is 9.53. The van der Waals surface area contributed by atoms with Crippen LogP contribution in [0.4, 0.5) is 10.1 Å². The summed E-state index contributed by atoms with van der Waals surface area (Å²) in [5, 5.41) is 3.00. The lowest BCUT2D eigenvalue weighted by Crippen LogP contribution is -2.54. The highest BCUT2D eigenvalue weighted by atomic mass is 32.2. The number of carbonyl (C=O) groups is 2. The number of anilines is 1. The minimum absolute atomic E-state index is 0.00760. The molecule has 4 aromatic carbocycles. The van der Waals surface area contributed by atoms with Gasteiger partial charge in [0.2, 0.25) is 11.8 Å². The predicted octanol–water partition coefficient (Wildman–Crippen LogP) is 5.89. The molecule has 2 amide bonds. The Morgan fingerprint density at radius 3 is 2.13 bits per heavy atom. The van der Waals surface area contributed by atoms with Gasteiger partial charge in [0.05, 0.1) is 17.7 Å². The number of aryl methyl sites for hydroxylation is 1. The van der Waals surface area contributed by atoms with Crippen molar-refractivity contribution in [2.45, 2.75) is 57.1 Å². The molecule has 1 N–H and O–H groups in total. The molecule has 0 spiro atoms. The van der Waals surface area contributed by atoms with Gasteiger partial charge >= 0.3 is 0 Å². The van der Waals surface area contributed by atoms with Gasteiger partial charge in [0.1, 0.15) is 24.2 Å². The summed E-state index contributed by atoms with van der Waals surface area (Å²) in [4.78, 5) is 29.9. The van der Waals surface area contributed by atoms with Gasteiger partial charge in [0.25, 0.3) is 10.0 Å². The van der Waals surface area contributed by atoms with Crippen LogP contribution in [0, 0.1) is 12.7 Å². The van der Waals surface area contributed by atoms with Gasteiger partial charge in [-0.25, -0.2) is 12.8 Å². The van der Waals surface area contributed by atoms with Crippen molar-refractivity contribution in [3.63, 3.8) is 0 Å². The van der Waals surface area contributed by atoms with Crippen LogP contribution in [-0.4, -0.2) is 50.9 Å². The molecule has 0 aliphatic heterocycles. The van der Waals surface area contributed by atoms with Crippen LogP contribution in [-0.2, 0) is 32.6 Å². The number of nitrogens with zero attached hydrogens (tertiary/aromatic N) is 2. The number of benzene rings is 4. The van der Waals surface area contributed by atoms with Gasteiger partial charge in [-0.1, -0.05) is 73.7 Å². The van der Waals surface area contributed by atoms with Crippen LogP contribution in [0.1, 0.15) is 37.0 Å². The molecule has 8 nitrogen and oxygen atoms in total. The fraction of sp³-hybridized carbons (Fsp3) is 0.278. The summed E-state index contributed by atoms with van der Waals surface area (Å²) in [6.07, 6.45) is 0.848. The van der Waals surface area contributed by atoms with E-state index in [1.54, 1.807) is 48.5 Å². The molecule has 0 aliphatic rings. The first-order valence-corrected chi connectivity index (χ1v) is 16.6. The average molecular weight is 646 g/mol. The van der Waals surface area contributed by atoms with Gasteiger partial charge in [-0.05, 0) is 73.4 Å². The Bertz CT molecular complexity index is 1720. The number of sulfonamides is 1. The lowest BCUT2D eigenvalue weighted by molar-refractivity contribution is -0.140. The second-order valence-electron chi connectivity index (χ2n) is 11.2. The van der Waals surface area contributed by atoms with Crippen molar-refractivity contribution in [3.8, 4) is 5.75 Å². The average Bonchev–Trinajstić information content (AvgIpc) is 3.06. The molecule has 2 atom stereocenters. The Morgan fingerprint density at radius 1 is 0.891 bits per heavy atom. The topological polar surface area (TPSA) is 96.0 Å². The molecule has 46 heavy (non-hydrogen) atoms. The second-order valence-corrected chi connectivity index (χ2v) is 13.0. The van der Waals surface area contributed by atoms with E-state index < -0.39 is 34.3 Å². The third kappa shape index (κ3) is 8.51. The van der Waals surface area contributed by atoms with Crippen LogP contribution < -0.4 is 14.4 Å². The highest BCUT2D eigenvalue weighted by molar-refractivity contribution is 7.92. The number of carbonyl (C=O) groups excluding carboxylic acids is 2. The van der Waals surface area contributed by atoms with Crippen LogP contribution in [0.5, 0.6) is 5.75 Å². The zero-order valence-electron chi connectivity index (χ0n) is 26.5. The standard InChI is InChI=1S/C36H40FN3O5S/c1-5-27(3)38-36(42)33(23-28-12-8-6-9-13-28)39(24-29-17-19-30(37)20-18-29)35(41)25-40(32-22-26(2)16-21-34(32)45-4)46(43,44)31-14-10-7-11-15-31/h6-22,27,33H,5,23-25H2,1-4H3,(H,38,42)/t27-,33-/m0/s1. The highest BCUT2D eigenvalue weighted by Gasteiger charge is 2.35. The minimum atomic E-state index is -4.28. The van der Waals surface area contributed by atoms with E-state index in [0.29, 0.717) is 12.0 Å². The number of amides is 2. The summed E-state index contributed by atoms with van der Waals surface area (Å²) in [6, 6.07) is 26.7. The SMILES string of the molecule is CC[C@H](C)NC(=O)[C@H](Cc1ccccc1)N(Cc1ccc(F)cc1)C(=O)CN(c1cc(C)ccc1OC)S(=O)(=O)c1ccccc1. The number of rotatable bonds is 14. The zero-order valence-corrected chi connectivity index (χ0v) is 27.3. The number of hydrogen-bond donors (Lipinski definition) is 1. The molecule has 0 fully saturated rings. The summed E-state index contributed by atoms with van der Waals surface area (Å²) in [7, 11) is -2.85. The van der Waals surface area contributed by atoms with E-state index in [2.05, 4.69) is 5.32 Å². The van der Waals surface area contributed by atoms with Crippen LogP contribution in [0.25, 0.3) is 0 Å². The molecule has 0 aliphatic carbocycles. The van der Waals surface area contributed by atoms with Crippen molar-refractivity contribution in [1.82, 2.24) is 10.2 Å². The lowest BCUT2D eigenvalue weighted by atomic mass is 10.0. The molecule has 0 aromatic heterocycles. The molecule has 0 saturated heterocycles. The molecule has 242 valence electrons. The first-order valence-electron chi connectivity index (χ1n) is 15.1. The summed E-state index contributed by atoms with van der Waals surface area (Å²) >= 11 is 0. The lowest BCUT2D eigenvalue weighted by Gasteiger charge is -2.34. The minimum Gasteiger partial charge on any atom is -0.495 e. The van der Waals surface area contributed by atoms with Gasteiger partial charge in [0.15, 0.2) is 0 Å². The molecule has 10 heteroatoms.